The standard InChI is InChI=1S/C40H45F5N14O7/c1-56-17-21(51-38(64)25-9-19(15-57(25)2)49-28(60)13-46)11-24(56)37(63)48-8-6-5-7-23(36(62)55-54-35-33(44)31(42)30(41)32(43)34(35)45)53-40(66)27-12-22(18-59(27)4)52-39(65)26-10-20(16-58(26)3)50-29(61)14-47/h9-12,15-18,23,54H,5-8,13-14,46-47H2,1-4H3,(H,48,63)(H,49,60)(H,50,61)(H,51,64)(H,52,65)(H,53,66)(H,55,62). The molecule has 0 saturated heterocycles. The van der Waals surface area contributed by atoms with Gasteiger partial charge in [-0.2, -0.15) is 0 Å². The Morgan fingerprint density at radius 3 is 1.33 bits per heavy atom. The molecule has 66 heavy (non-hydrogen) atoms. The lowest BCUT2D eigenvalue weighted by Gasteiger charge is -2.20. The van der Waals surface area contributed by atoms with Crippen molar-refractivity contribution in [3.8, 4) is 0 Å². The van der Waals surface area contributed by atoms with Gasteiger partial charge in [0.1, 0.15) is 34.5 Å². The molecule has 4 aromatic heterocycles. The summed E-state index contributed by atoms with van der Waals surface area (Å²) in [5.74, 6) is -16.2. The van der Waals surface area contributed by atoms with Gasteiger partial charge < -0.3 is 61.6 Å². The topological polar surface area (TPSA) is 287 Å². The van der Waals surface area contributed by atoms with Gasteiger partial charge in [-0.05, 0) is 43.5 Å². The predicted molar refractivity (Wildman–Crippen MR) is 228 cm³/mol. The molecule has 0 aliphatic carbocycles. The zero-order valence-corrected chi connectivity index (χ0v) is 35.6. The van der Waals surface area contributed by atoms with Crippen molar-refractivity contribution in [1.82, 2.24) is 34.3 Å². The quantitative estimate of drug-likeness (QED) is 0.0189. The molecule has 0 fully saturated rings. The van der Waals surface area contributed by atoms with Gasteiger partial charge in [0.25, 0.3) is 29.5 Å². The first kappa shape index (κ1) is 49.0. The SMILES string of the molecule is Cn1cc(NC(=O)c2cc(NC(=O)CN)cn2C)cc1C(=O)NCCCCC(NC(=O)c1cc(NC(=O)c2cc(NC(=O)CN)cn2C)cn1C)C(=O)NNc1c(F)c(F)c(F)c(F)c1F. The Balaban J connectivity index is 1.22. The van der Waals surface area contributed by atoms with E-state index < -0.39 is 82.2 Å². The van der Waals surface area contributed by atoms with E-state index in [9.17, 15) is 55.5 Å². The van der Waals surface area contributed by atoms with Gasteiger partial charge in [-0.25, -0.2) is 22.0 Å². The normalized spacial score (nSPS) is 11.4. The summed E-state index contributed by atoms with van der Waals surface area (Å²) >= 11 is 0. The van der Waals surface area contributed by atoms with Crippen LogP contribution in [-0.4, -0.2) is 85.3 Å². The number of unbranched alkanes of at least 4 members (excludes halogenated alkanes) is 1. The monoisotopic (exact) mass is 928 g/mol. The third-order valence-electron chi connectivity index (χ3n) is 9.75. The number of amides is 7. The maximum atomic E-state index is 14.4. The Morgan fingerprint density at radius 2 is 0.909 bits per heavy atom. The minimum Gasteiger partial charge on any atom is -0.351 e. The molecule has 0 aliphatic heterocycles. The number of anilines is 5. The molecular formula is C40H45F5N14O7. The summed E-state index contributed by atoms with van der Waals surface area (Å²) in [6.07, 6.45) is 5.99. The maximum absolute atomic E-state index is 14.4. The van der Waals surface area contributed by atoms with Crippen molar-refractivity contribution in [1.29, 1.82) is 0 Å². The number of halogens is 5. The van der Waals surface area contributed by atoms with Crippen LogP contribution in [0, 0.1) is 29.1 Å². The van der Waals surface area contributed by atoms with Crippen molar-refractivity contribution in [3.05, 3.63) is 101 Å². The fourth-order valence-corrected chi connectivity index (χ4v) is 6.44. The summed E-state index contributed by atoms with van der Waals surface area (Å²) in [5, 5.41) is 15.5. The number of hydrazine groups is 1. The highest BCUT2D eigenvalue weighted by molar-refractivity contribution is 6.07. The Bertz CT molecular complexity index is 2680. The number of nitrogens with two attached hydrogens (primary N) is 2. The van der Waals surface area contributed by atoms with Crippen LogP contribution in [0.3, 0.4) is 0 Å². The van der Waals surface area contributed by atoms with E-state index in [0.717, 1.165) is 0 Å². The van der Waals surface area contributed by atoms with E-state index in [-0.39, 0.29) is 73.0 Å². The first-order chi connectivity index (χ1) is 31.2. The molecule has 352 valence electrons. The van der Waals surface area contributed by atoms with Crippen LogP contribution in [0.25, 0.3) is 0 Å². The molecule has 1 unspecified atom stereocenters. The smallest absolute Gasteiger partial charge is 0.272 e. The molecule has 0 aliphatic rings. The molecule has 21 nitrogen and oxygen atoms in total. The maximum Gasteiger partial charge on any atom is 0.272 e. The van der Waals surface area contributed by atoms with Crippen molar-refractivity contribution in [2.45, 2.75) is 25.3 Å². The van der Waals surface area contributed by atoms with Crippen LogP contribution in [0.4, 0.5) is 50.4 Å². The molecule has 12 N–H and O–H groups in total. The van der Waals surface area contributed by atoms with E-state index in [1.54, 1.807) is 26.6 Å². The van der Waals surface area contributed by atoms with Crippen LogP contribution in [-0.2, 0) is 42.6 Å². The number of aryl methyl sites for hydroxylation is 4. The number of hydrogen-bond donors (Lipinski definition) is 10. The number of aromatic nitrogens is 4. The average Bonchev–Trinajstić information content (AvgIpc) is 4.05. The second-order valence-electron chi connectivity index (χ2n) is 14.6. The van der Waals surface area contributed by atoms with Gasteiger partial charge in [-0.15, -0.1) is 0 Å². The number of nitrogens with one attached hydrogen (secondary N) is 8. The zero-order chi connectivity index (χ0) is 48.6. The molecular weight excluding hydrogens is 884 g/mol. The molecule has 0 saturated carbocycles. The summed E-state index contributed by atoms with van der Waals surface area (Å²) in [4.78, 5) is 89.4. The molecule has 5 aromatic rings. The number of rotatable bonds is 19. The van der Waals surface area contributed by atoms with Crippen LogP contribution < -0.4 is 54.2 Å². The fourth-order valence-electron chi connectivity index (χ4n) is 6.44. The molecule has 5 rings (SSSR count). The van der Waals surface area contributed by atoms with Gasteiger partial charge >= 0.3 is 0 Å². The number of carbonyl (C=O) groups excluding carboxylic acids is 7. The Kier molecular flexibility index (Phi) is 15.7. The fraction of sp³-hybridized carbons (Fsp3) is 0.275. The van der Waals surface area contributed by atoms with Crippen LogP contribution in [0.1, 0.15) is 61.2 Å². The molecule has 26 heteroatoms. The van der Waals surface area contributed by atoms with Crippen LogP contribution in [0.15, 0.2) is 49.1 Å². The van der Waals surface area contributed by atoms with Crippen molar-refractivity contribution in [3.63, 3.8) is 0 Å². The van der Waals surface area contributed by atoms with E-state index in [4.69, 9.17) is 11.5 Å². The summed E-state index contributed by atoms with van der Waals surface area (Å²) < 4.78 is 75.8. The van der Waals surface area contributed by atoms with E-state index in [1.807, 2.05) is 5.43 Å². The third kappa shape index (κ3) is 11.6. The molecule has 0 radical (unpaired) electrons. The number of nitrogens with zero attached hydrogens (tertiary/aromatic N) is 4. The van der Waals surface area contributed by atoms with Crippen LogP contribution in [0.5, 0.6) is 0 Å². The Labute approximate surface area is 371 Å². The van der Waals surface area contributed by atoms with E-state index in [0.29, 0.717) is 11.4 Å². The van der Waals surface area contributed by atoms with Gasteiger partial charge in [0.05, 0.1) is 35.8 Å². The van der Waals surface area contributed by atoms with Gasteiger partial charge in [0.15, 0.2) is 23.3 Å². The lowest BCUT2D eigenvalue weighted by Crippen LogP contribution is -2.49. The molecule has 0 spiro atoms. The van der Waals surface area contributed by atoms with E-state index in [2.05, 4.69) is 31.9 Å². The molecule has 1 aromatic carbocycles. The van der Waals surface area contributed by atoms with Crippen LogP contribution >= 0.6 is 0 Å². The van der Waals surface area contributed by atoms with Crippen molar-refractivity contribution in [2.75, 3.05) is 46.3 Å². The first-order valence-corrected chi connectivity index (χ1v) is 19.7. The first-order valence-electron chi connectivity index (χ1n) is 19.7. The van der Waals surface area contributed by atoms with Crippen LogP contribution in [0.2, 0.25) is 0 Å². The number of carbonyl (C=O) groups is 7. The van der Waals surface area contributed by atoms with Crippen molar-refractivity contribution < 1.29 is 55.5 Å². The average molecular weight is 929 g/mol. The Morgan fingerprint density at radius 1 is 0.530 bits per heavy atom. The van der Waals surface area contributed by atoms with Gasteiger partial charge in [-0.3, -0.25) is 44.4 Å². The molecule has 4 heterocycles. The minimum absolute atomic E-state index is 0.0281. The summed E-state index contributed by atoms with van der Waals surface area (Å²) in [6.45, 7) is -0.505. The lowest BCUT2D eigenvalue weighted by atomic mass is 10.1. The second-order valence-corrected chi connectivity index (χ2v) is 14.6. The predicted octanol–water partition coefficient (Wildman–Crippen LogP) is 1.88. The largest absolute Gasteiger partial charge is 0.351 e. The molecule has 7 amide bonds. The Hall–Kier alpha value is -8.00. The third-order valence-corrected chi connectivity index (χ3v) is 9.75. The zero-order valence-electron chi connectivity index (χ0n) is 35.6. The summed E-state index contributed by atoms with van der Waals surface area (Å²) in [7, 11) is 6.16. The van der Waals surface area contributed by atoms with Crippen molar-refractivity contribution >= 4 is 69.8 Å². The highest BCUT2D eigenvalue weighted by Gasteiger charge is 2.28. The van der Waals surface area contributed by atoms with E-state index in [1.165, 1.54) is 74.4 Å². The lowest BCUT2D eigenvalue weighted by molar-refractivity contribution is -0.122. The van der Waals surface area contributed by atoms with E-state index >= 15 is 0 Å². The highest BCUT2D eigenvalue weighted by atomic mass is 19.2. The van der Waals surface area contributed by atoms with Crippen molar-refractivity contribution in [2.24, 2.45) is 39.7 Å². The summed E-state index contributed by atoms with van der Waals surface area (Å²) in [6, 6.07) is 4.02. The van der Waals surface area contributed by atoms with Gasteiger partial charge in [-0.1, -0.05) is 0 Å². The van der Waals surface area contributed by atoms with Gasteiger partial charge in [0, 0.05) is 59.5 Å². The minimum atomic E-state index is -2.42. The summed E-state index contributed by atoms with van der Waals surface area (Å²) in [5.41, 5.74) is 14.1. The number of benzene rings is 1. The molecule has 1 atom stereocenters. The molecule has 0 bridgehead atoms. The second kappa shape index (κ2) is 21.1. The highest BCUT2D eigenvalue weighted by Crippen LogP contribution is 2.27. The number of hydrogen-bond acceptors (Lipinski definition) is 10. The van der Waals surface area contributed by atoms with Gasteiger partial charge in [0.2, 0.25) is 17.6 Å².